The van der Waals surface area contributed by atoms with Gasteiger partial charge in [0.1, 0.15) is 17.9 Å². The Morgan fingerprint density at radius 1 is 1.60 bits per heavy atom. The third-order valence-electron chi connectivity index (χ3n) is 1.72. The van der Waals surface area contributed by atoms with Gasteiger partial charge >= 0.3 is 5.97 Å². The summed E-state index contributed by atoms with van der Waals surface area (Å²) in [4.78, 5) is 24.6. The molecular weight excluding hydrogens is 214 g/mol. The SMILES string of the molecule is O=C(ON1C=NC(=S)C1)c1cccnc1. The highest BCUT2D eigenvalue weighted by molar-refractivity contribution is 7.80. The van der Waals surface area contributed by atoms with Gasteiger partial charge in [-0.2, -0.15) is 5.06 Å². The molecule has 1 aliphatic heterocycles. The molecule has 2 rings (SSSR count). The van der Waals surface area contributed by atoms with E-state index in [1.165, 1.54) is 17.6 Å². The highest BCUT2D eigenvalue weighted by Crippen LogP contribution is 2.04. The van der Waals surface area contributed by atoms with Crippen molar-refractivity contribution in [3.8, 4) is 0 Å². The summed E-state index contributed by atoms with van der Waals surface area (Å²) in [5.74, 6) is -0.473. The summed E-state index contributed by atoms with van der Waals surface area (Å²) < 4.78 is 0. The number of thiocarbonyl (C=S) groups is 1. The Balaban J connectivity index is 1.99. The second kappa shape index (κ2) is 4.14. The summed E-state index contributed by atoms with van der Waals surface area (Å²) in [6.07, 6.45) is 4.41. The van der Waals surface area contributed by atoms with Gasteiger partial charge < -0.3 is 4.84 Å². The van der Waals surface area contributed by atoms with Crippen molar-refractivity contribution in [2.75, 3.05) is 6.54 Å². The first-order chi connectivity index (χ1) is 7.25. The average Bonchev–Trinajstić information content (AvgIpc) is 2.65. The molecule has 1 aromatic rings. The molecule has 0 fully saturated rings. The number of aliphatic imine (C=N–C) groups is 1. The van der Waals surface area contributed by atoms with Crippen molar-refractivity contribution in [2.24, 2.45) is 4.99 Å². The molecule has 0 radical (unpaired) electrons. The summed E-state index contributed by atoms with van der Waals surface area (Å²) in [6.45, 7) is 0.335. The second-order valence-electron chi connectivity index (χ2n) is 2.83. The number of hydrogen-bond donors (Lipinski definition) is 0. The summed E-state index contributed by atoms with van der Waals surface area (Å²) in [7, 11) is 0. The third-order valence-corrected chi connectivity index (χ3v) is 1.95. The van der Waals surface area contributed by atoms with Crippen molar-refractivity contribution in [3.05, 3.63) is 30.1 Å². The Morgan fingerprint density at radius 3 is 3.07 bits per heavy atom. The Morgan fingerprint density at radius 2 is 2.47 bits per heavy atom. The zero-order valence-electron chi connectivity index (χ0n) is 7.66. The summed E-state index contributed by atoms with van der Waals surface area (Å²) in [5, 5.41) is 1.29. The van der Waals surface area contributed by atoms with Gasteiger partial charge in [0.15, 0.2) is 0 Å². The fourth-order valence-corrected chi connectivity index (χ4v) is 1.22. The van der Waals surface area contributed by atoms with E-state index in [-0.39, 0.29) is 0 Å². The minimum absolute atomic E-state index is 0.335. The molecule has 0 aromatic carbocycles. The first-order valence-corrected chi connectivity index (χ1v) is 4.62. The minimum atomic E-state index is -0.473. The molecule has 0 saturated carbocycles. The Labute approximate surface area is 91.3 Å². The van der Waals surface area contributed by atoms with Gasteiger partial charge in [0.2, 0.25) is 0 Å². The zero-order valence-corrected chi connectivity index (χ0v) is 8.48. The molecule has 5 nitrogen and oxygen atoms in total. The lowest BCUT2D eigenvalue weighted by molar-refractivity contribution is -0.0403. The lowest BCUT2D eigenvalue weighted by atomic mass is 10.3. The van der Waals surface area contributed by atoms with Crippen LogP contribution in [0, 0.1) is 0 Å². The monoisotopic (exact) mass is 221 g/mol. The second-order valence-corrected chi connectivity index (χ2v) is 3.31. The van der Waals surface area contributed by atoms with E-state index in [1.54, 1.807) is 18.3 Å². The molecule has 0 N–H and O–H groups in total. The standard InChI is InChI=1S/C9H7N3O2S/c13-9(7-2-1-3-10-4-7)14-12-5-8(15)11-6-12/h1-4,6H,5H2. The molecule has 1 aliphatic rings. The van der Waals surface area contributed by atoms with Crippen molar-refractivity contribution in [1.82, 2.24) is 10.0 Å². The first-order valence-electron chi connectivity index (χ1n) is 4.22. The van der Waals surface area contributed by atoms with E-state index in [0.29, 0.717) is 17.1 Å². The van der Waals surface area contributed by atoms with Gasteiger partial charge in [-0.3, -0.25) is 4.98 Å². The minimum Gasteiger partial charge on any atom is -0.334 e. The fourth-order valence-electron chi connectivity index (χ4n) is 1.04. The Bertz CT molecular complexity index is 419. The molecule has 1 aromatic heterocycles. The van der Waals surface area contributed by atoms with Crippen LogP contribution < -0.4 is 0 Å². The van der Waals surface area contributed by atoms with Crippen LogP contribution in [0.3, 0.4) is 0 Å². The number of carbonyl (C=O) groups is 1. The van der Waals surface area contributed by atoms with Crippen LogP contribution in [0.2, 0.25) is 0 Å². The lowest BCUT2D eigenvalue weighted by Gasteiger charge is -2.11. The highest BCUT2D eigenvalue weighted by Gasteiger charge is 2.16. The van der Waals surface area contributed by atoms with Gasteiger partial charge in [-0.25, -0.2) is 9.79 Å². The van der Waals surface area contributed by atoms with E-state index in [1.807, 2.05) is 0 Å². The van der Waals surface area contributed by atoms with Crippen LogP contribution in [0.4, 0.5) is 0 Å². The average molecular weight is 221 g/mol. The summed E-state index contributed by atoms with van der Waals surface area (Å²) >= 11 is 4.82. The van der Waals surface area contributed by atoms with Gasteiger partial charge in [0.25, 0.3) is 0 Å². The molecule has 0 atom stereocenters. The smallest absolute Gasteiger partial charge is 0.334 e. The highest BCUT2D eigenvalue weighted by atomic mass is 32.1. The van der Waals surface area contributed by atoms with Crippen molar-refractivity contribution >= 4 is 29.5 Å². The van der Waals surface area contributed by atoms with Crippen LogP contribution in [0.15, 0.2) is 29.5 Å². The van der Waals surface area contributed by atoms with Crippen LogP contribution in [0.25, 0.3) is 0 Å². The van der Waals surface area contributed by atoms with Crippen molar-refractivity contribution in [2.45, 2.75) is 0 Å². The maximum absolute atomic E-state index is 11.5. The van der Waals surface area contributed by atoms with E-state index >= 15 is 0 Å². The number of hydrogen-bond acceptors (Lipinski definition) is 5. The van der Waals surface area contributed by atoms with Gasteiger partial charge in [-0.15, -0.1) is 0 Å². The molecule has 76 valence electrons. The molecule has 0 amide bonds. The third kappa shape index (κ3) is 2.35. The van der Waals surface area contributed by atoms with Crippen LogP contribution in [0.1, 0.15) is 10.4 Å². The van der Waals surface area contributed by atoms with Gasteiger partial charge in [-0.05, 0) is 12.1 Å². The number of carbonyl (C=O) groups excluding carboxylic acids is 1. The summed E-state index contributed by atoms with van der Waals surface area (Å²) in [5.41, 5.74) is 0.392. The number of pyridine rings is 1. The normalized spacial score (nSPS) is 14.4. The number of nitrogens with zero attached hydrogens (tertiary/aromatic N) is 3. The molecule has 2 heterocycles. The number of hydroxylamine groups is 2. The van der Waals surface area contributed by atoms with E-state index in [2.05, 4.69) is 9.98 Å². The van der Waals surface area contributed by atoms with Crippen LogP contribution in [-0.2, 0) is 4.84 Å². The maximum Gasteiger partial charge on any atom is 0.364 e. The molecule has 0 saturated heterocycles. The molecular formula is C9H7N3O2S. The van der Waals surface area contributed by atoms with Crippen molar-refractivity contribution in [1.29, 1.82) is 0 Å². The molecule has 0 unspecified atom stereocenters. The van der Waals surface area contributed by atoms with E-state index < -0.39 is 5.97 Å². The topological polar surface area (TPSA) is 54.8 Å². The van der Waals surface area contributed by atoms with E-state index in [4.69, 9.17) is 17.1 Å². The molecule has 0 spiro atoms. The Hall–Kier alpha value is -1.82. The molecule has 0 aliphatic carbocycles. The number of rotatable bonds is 2. The van der Waals surface area contributed by atoms with Gasteiger partial charge in [-0.1, -0.05) is 12.2 Å². The predicted molar refractivity (Wildman–Crippen MR) is 57.4 cm³/mol. The predicted octanol–water partition coefficient (Wildman–Crippen LogP) is 0.825. The number of aromatic nitrogens is 1. The van der Waals surface area contributed by atoms with Crippen molar-refractivity contribution < 1.29 is 9.63 Å². The summed E-state index contributed by atoms with van der Waals surface area (Å²) in [6, 6.07) is 3.29. The lowest BCUT2D eigenvalue weighted by Crippen LogP contribution is -2.25. The van der Waals surface area contributed by atoms with Crippen LogP contribution in [-0.4, -0.2) is 33.9 Å². The van der Waals surface area contributed by atoms with Crippen LogP contribution >= 0.6 is 12.2 Å². The zero-order chi connectivity index (χ0) is 10.7. The van der Waals surface area contributed by atoms with E-state index in [9.17, 15) is 4.79 Å². The molecule has 6 heteroatoms. The maximum atomic E-state index is 11.5. The quantitative estimate of drug-likeness (QED) is 0.692. The molecule has 0 bridgehead atoms. The fraction of sp³-hybridized carbons (Fsp3) is 0.111. The molecule has 15 heavy (non-hydrogen) atoms. The van der Waals surface area contributed by atoms with Crippen molar-refractivity contribution in [3.63, 3.8) is 0 Å². The first kappa shape index (κ1) is 9.72. The van der Waals surface area contributed by atoms with Crippen LogP contribution in [0.5, 0.6) is 0 Å². The van der Waals surface area contributed by atoms with E-state index in [0.717, 1.165) is 0 Å². The van der Waals surface area contributed by atoms with Gasteiger partial charge in [0.05, 0.1) is 5.56 Å². The Kier molecular flexibility index (Phi) is 2.68. The largest absolute Gasteiger partial charge is 0.364 e. The van der Waals surface area contributed by atoms with Gasteiger partial charge in [0, 0.05) is 12.4 Å².